The summed E-state index contributed by atoms with van der Waals surface area (Å²) in [4.78, 5) is 38.6. The van der Waals surface area contributed by atoms with Crippen LogP contribution in [0, 0.1) is 5.92 Å². The first kappa shape index (κ1) is 15.2. The zero-order valence-corrected chi connectivity index (χ0v) is 8.78. The molecule has 0 aromatic heterocycles. The average molecular weight is 258 g/mol. The lowest BCUT2D eigenvalue weighted by Gasteiger charge is -2.14. The fourth-order valence-electron chi connectivity index (χ4n) is 0.784. The van der Waals surface area contributed by atoms with E-state index in [0.717, 1.165) is 0 Å². The molecule has 0 aromatic carbocycles. The van der Waals surface area contributed by atoms with Crippen molar-refractivity contribution in [3.8, 4) is 0 Å². The topological polar surface area (TPSA) is 162 Å². The summed E-state index contributed by atoms with van der Waals surface area (Å²) >= 11 is 0. The Kier molecular flexibility index (Phi) is 5.73. The van der Waals surface area contributed by atoms with Crippen LogP contribution in [0.15, 0.2) is 0 Å². The number of aliphatic hydroxyl groups is 3. The lowest BCUT2D eigenvalue weighted by atomic mass is 10.0. The van der Waals surface area contributed by atoms with Crippen molar-refractivity contribution < 1.29 is 43.8 Å². The molecule has 0 aliphatic carbocycles. The smallest absolute Gasteiger partial charge is 0.395 e. The lowest BCUT2D eigenvalue weighted by molar-refractivity contribution is -0.150. The number of hydrogen-bond donors (Lipinski definition) is 5. The van der Waals surface area contributed by atoms with Crippen molar-refractivity contribution in [2.45, 2.75) is 6.10 Å². The van der Waals surface area contributed by atoms with Crippen LogP contribution >= 0.6 is 7.82 Å². The van der Waals surface area contributed by atoms with Gasteiger partial charge in [0.15, 0.2) is 5.78 Å². The highest BCUT2D eigenvalue weighted by Crippen LogP contribution is 2.36. The van der Waals surface area contributed by atoms with Crippen LogP contribution in [0.3, 0.4) is 0 Å². The Morgan fingerprint density at radius 2 is 1.69 bits per heavy atom. The van der Waals surface area contributed by atoms with Gasteiger partial charge >= 0.3 is 13.8 Å². The monoisotopic (exact) mass is 258 g/mol. The summed E-state index contributed by atoms with van der Waals surface area (Å²) in [6.45, 7) is -2.09. The van der Waals surface area contributed by atoms with E-state index in [1.54, 1.807) is 0 Å². The Labute approximate surface area is 89.5 Å². The first-order valence-electron chi connectivity index (χ1n) is 3.95. The number of rotatable bonds is 6. The van der Waals surface area contributed by atoms with Crippen molar-refractivity contribution in [2.75, 3.05) is 13.2 Å². The molecule has 16 heavy (non-hydrogen) atoms. The van der Waals surface area contributed by atoms with Crippen molar-refractivity contribution >= 4 is 19.6 Å². The van der Waals surface area contributed by atoms with E-state index in [2.05, 4.69) is 4.52 Å². The molecule has 2 unspecified atom stereocenters. The van der Waals surface area contributed by atoms with Crippen molar-refractivity contribution in [3.05, 3.63) is 0 Å². The molecule has 0 amide bonds. The Morgan fingerprint density at radius 3 is 2.00 bits per heavy atom. The number of phosphoric ester groups is 1. The third-order valence-electron chi connectivity index (χ3n) is 1.52. The van der Waals surface area contributed by atoms with E-state index < -0.39 is 44.8 Å². The number of carbonyl (C=O) groups excluding carboxylic acids is 2. The van der Waals surface area contributed by atoms with Crippen LogP contribution in [-0.4, -0.2) is 56.2 Å². The highest BCUT2D eigenvalue weighted by Gasteiger charge is 2.35. The molecule has 94 valence electrons. The predicted molar refractivity (Wildman–Crippen MR) is 46.8 cm³/mol. The third kappa shape index (κ3) is 4.79. The molecule has 0 saturated heterocycles. The standard InChI is InChI=1S/C6H11O9P/c7-1-3(5(10)4(9)2-8)6(11)15-16(12,13)14/h3-4,7-9H,1-2H2,(H2,12,13,14). The molecule has 0 aromatic rings. The van der Waals surface area contributed by atoms with Crippen LogP contribution in [0.2, 0.25) is 0 Å². The van der Waals surface area contributed by atoms with E-state index in [0.29, 0.717) is 0 Å². The molecule has 0 rings (SSSR count). The van der Waals surface area contributed by atoms with Gasteiger partial charge in [0.25, 0.3) is 0 Å². The van der Waals surface area contributed by atoms with Crippen molar-refractivity contribution in [2.24, 2.45) is 5.92 Å². The average Bonchev–Trinajstić information content (AvgIpc) is 2.14. The van der Waals surface area contributed by atoms with E-state index in [-0.39, 0.29) is 0 Å². The fraction of sp³-hybridized carbons (Fsp3) is 0.667. The van der Waals surface area contributed by atoms with Crippen LogP contribution in [-0.2, 0) is 18.7 Å². The summed E-state index contributed by atoms with van der Waals surface area (Å²) in [5, 5.41) is 25.9. The minimum atomic E-state index is -5.12. The van der Waals surface area contributed by atoms with Gasteiger partial charge in [-0.1, -0.05) is 0 Å². The van der Waals surface area contributed by atoms with Crippen LogP contribution in [0.5, 0.6) is 0 Å². The quantitative estimate of drug-likeness (QED) is 0.249. The lowest BCUT2D eigenvalue weighted by Crippen LogP contribution is -2.38. The molecular weight excluding hydrogens is 247 g/mol. The first-order chi connectivity index (χ1) is 7.22. The number of hydrogen-bond acceptors (Lipinski definition) is 7. The Morgan fingerprint density at radius 1 is 1.19 bits per heavy atom. The minimum absolute atomic E-state index is 0.988. The second-order valence-corrected chi connectivity index (χ2v) is 3.90. The van der Waals surface area contributed by atoms with Crippen LogP contribution in [0.1, 0.15) is 0 Å². The molecule has 0 radical (unpaired) electrons. The fourth-order valence-corrected chi connectivity index (χ4v) is 1.15. The maximum Gasteiger partial charge on any atom is 0.527 e. The number of ketones is 1. The highest BCUT2D eigenvalue weighted by molar-refractivity contribution is 7.46. The van der Waals surface area contributed by atoms with E-state index >= 15 is 0 Å². The van der Waals surface area contributed by atoms with Gasteiger partial charge in [-0.3, -0.25) is 19.4 Å². The minimum Gasteiger partial charge on any atom is -0.395 e. The SMILES string of the molecule is O=C(OP(=O)(O)O)C(CO)C(=O)C(O)CO. The van der Waals surface area contributed by atoms with Gasteiger partial charge in [0, 0.05) is 0 Å². The molecule has 2 atom stereocenters. The number of Topliss-reactive ketones (excluding diaryl/α,β-unsaturated/α-hetero) is 1. The van der Waals surface area contributed by atoms with Crippen LogP contribution in [0.25, 0.3) is 0 Å². The normalized spacial score (nSPS) is 15.3. The van der Waals surface area contributed by atoms with E-state index in [4.69, 9.17) is 25.1 Å². The van der Waals surface area contributed by atoms with Gasteiger partial charge in [-0.25, -0.2) is 4.57 Å². The van der Waals surface area contributed by atoms with E-state index in [1.807, 2.05) is 0 Å². The zero-order chi connectivity index (χ0) is 12.9. The highest BCUT2D eigenvalue weighted by atomic mass is 31.2. The molecule has 0 heterocycles. The molecule has 0 bridgehead atoms. The van der Waals surface area contributed by atoms with Gasteiger partial charge in [-0.05, 0) is 0 Å². The largest absolute Gasteiger partial charge is 0.527 e. The molecule has 0 aliphatic rings. The summed E-state index contributed by atoms with van der Waals surface area (Å²) < 4.78 is 13.8. The van der Waals surface area contributed by atoms with Crippen LogP contribution in [0.4, 0.5) is 0 Å². The van der Waals surface area contributed by atoms with Gasteiger partial charge in [-0.2, -0.15) is 0 Å². The molecule has 0 fully saturated rings. The van der Waals surface area contributed by atoms with E-state index in [9.17, 15) is 14.2 Å². The third-order valence-corrected chi connectivity index (χ3v) is 1.94. The molecular formula is C6H11O9P. The Hall–Kier alpha value is -0.830. The maximum absolute atomic E-state index is 11.1. The Balaban J connectivity index is 4.68. The Bertz CT molecular complexity index is 307. The molecule has 10 heteroatoms. The summed E-state index contributed by atoms with van der Waals surface area (Å²) in [6.07, 6.45) is -1.93. The van der Waals surface area contributed by atoms with Crippen LogP contribution < -0.4 is 0 Å². The number of aliphatic hydroxyl groups excluding tert-OH is 3. The molecule has 5 N–H and O–H groups in total. The summed E-state index contributed by atoms with van der Waals surface area (Å²) in [6, 6.07) is 0. The maximum atomic E-state index is 11.1. The van der Waals surface area contributed by atoms with Crippen molar-refractivity contribution in [3.63, 3.8) is 0 Å². The second-order valence-electron chi connectivity index (χ2n) is 2.74. The summed E-state index contributed by atoms with van der Waals surface area (Å²) in [7, 11) is -5.12. The predicted octanol–water partition coefficient (Wildman–Crippen LogP) is -2.85. The molecule has 0 saturated carbocycles. The van der Waals surface area contributed by atoms with Gasteiger partial charge in [0.2, 0.25) is 0 Å². The van der Waals surface area contributed by atoms with E-state index in [1.165, 1.54) is 0 Å². The second kappa shape index (κ2) is 6.04. The van der Waals surface area contributed by atoms with Gasteiger partial charge in [-0.15, -0.1) is 0 Å². The summed E-state index contributed by atoms with van der Waals surface area (Å²) in [5.74, 6) is -4.91. The number of phosphoric acid groups is 1. The zero-order valence-electron chi connectivity index (χ0n) is 7.89. The molecule has 9 nitrogen and oxygen atoms in total. The number of carbonyl (C=O) groups is 2. The van der Waals surface area contributed by atoms with Crippen molar-refractivity contribution in [1.29, 1.82) is 0 Å². The van der Waals surface area contributed by atoms with Gasteiger partial charge < -0.3 is 19.8 Å². The summed E-state index contributed by atoms with van der Waals surface area (Å²) in [5.41, 5.74) is 0. The molecule has 0 spiro atoms. The van der Waals surface area contributed by atoms with Gasteiger partial charge in [0.1, 0.15) is 12.0 Å². The van der Waals surface area contributed by atoms with Gasteiger partial charge in [0.05, 0.1) is 13.2 Å². The van der Waals surface area contributed by atoms with Crippen molar-refractivity contribution in [1.82, 2.24) is 0 Å². The first-order valence-corrected chi connectivity index (χ1v) is 5.48. The molecule has 0 aliphatic heterocycles.